The van der Waals surface area contributed by atoms with Crippen molar-refractivity contribution in [2.45, 2.75) is 19.8 Å². The molecule has 0 heterocycles. The van der Waals surface area contributed by atoms with Gasteiger partial charge in [-0.1, -0.05) is 13.3 Å². The average Bonchev–Trinajstić information content (AvgIpc) is 2.20. The first kappa shape index (κ1) is 12.0. The van der Waals surface area contributed by atoms with Gasteiger partial charge in [0, 0.05) is 0 Å². The van der Waals surface area contributed by atoms with Crippen molar-refractivity contribution in [3.05, 3.63) is 23.8 Å². The molecule has 0 bridgehead atoms. The SMILES string of the molecule is CCCc1cc(OC)ccc1NS(=O)O. The van der Waals surface area contributed by atoms with Crippen molar-refractivity contribution in [1.29, 1.82) is 0 Å². The number of ether oxygens (including phenoxy) is 1. The van der Waals surface area contributed by atoms with Crippen LogP contribution in [0.1, 0.15) is 18.9 Å². The predicted molar refractivity (Wildman–Crippen MR) is 61.4 cm³/mol. The summed E-state index contributed by atoms with van der Waals surface area (Å²) in [6.07, 6.45) is 1.82. The molecule has 1 atom stereocenters. The van der Waals surface area contributed by atoms with Gasteiger partial charge in [-0.2, -0.15) is 0 Å². The Morgan fingerprint density at radius 3 is 2.80 bits per heavy atom. The molecule has 0 aliphatic rings. The number of benzene rings is 1. The number of nitrogens with one attached hydrogen (secondary N) is 1. The summed E-state index contributed by atoms with van der Waals surface area (Å²) in [5.74, 6) is 0.757. The molecule has 1 aromatic carbocycles. The molecular formula is C10H15NO3S. The lowest BCUT2D eigenvalue weighted by atomic mass is 10.1. The zero-order chi connectivity index (χ0) is 11.3. The summed E-state index contributed by atoms with van der Waals surface area (Å²) >= 11 is -2.03. The van der Waals surface area contributed by atoms with Crippen LogP contribution < -0.4 is 9.46 Å². The molecule has 0 saturated heterocycles. The molecule has 0 aromatic heterocycles. The number of anilines is 1. The third-order valence-electron chi connectivity index (χ3n) is 2.03. The van der Waals surface area contributed by atoms with Gasteiger partial charge in [0.15, 0.2) is 0 Å². The number of hydrogen-bond donors (Lipinski definition) is 2. The molecule has 4 nitrogen and oxygen atoms in total. The summed E-state index contributed by atoms with van der Waals surface area (Å²) in [5, 5.41) is 0. The molecule has 0 aliphatic carbocycles. The molecule has 1 rings (SSSR count). The van der Waals surface area contributed by atoms with E-state index < -0.39 is 11.3 Å². The molecule has 15 heavy (non-hydrogen) atoms. The molecule has 5 heteroatoms. The minimum Gasteiger partial charge on any atom is -0.497 e. The Morgan fingerprint density at radius 2 is 2.27 bits per heavy atom. The van der Waals surface area contributed by atoms with Crippen molar-refractivity contribution in [2.75, 3.05) is 11.8 Å². The maximum Gasteiger partial charge on any atom is 0.259 e. The van der Waals surface area contributed by atoms with E-state index in [1.165, 1.54) is 0 Å². The summed E-state index contributed by atoms with van der Waals surface area (Å²) in [6.45, 7) is 2.05. The van der Waals surface area contributed by atoms with Crippen molar-refractivity contribution in [3.8, 4) is 5.75 Å². The van der Waals surface area contributed by atoms with Gasteiger partial charge < -0.3 is 4.74 Å². The molecule has 0 fully saturated rings. The van der Waals surface area contributed by atoms with Crippen molar-refractivity contribution < 1.29 is 13.5 Å². The number of hydrogen-bond acceptors (Lipinski definition) is 2. The quantitative estimate of drug-likeness (QED) is 0.761. The van der Waals surface area contributed by atoms with Crippen LogP contribution in [0.2, 0.25) is 0 Å². The fraction of sp³-hybridized carbons (Fsp3) is 0.400. The van der Waals surface area contributed by atoms with Crippen molar-refractivity contribution in [3.63, 3.8) is 0 Å². The monoisotopic (exact) mass is 229 g/mol. The van der Waals surface area contributed by atoms with Crippen LogP contribution in [0.25, 0.3) is 0 Å². The molecule has 0 spiro atoms. The molecule has 0 saturated carbocycles. The Morgan fingerprint density at radius 1 is 1.53 bits per heavy atom. The van der Waals surface area contributed by atoms with Gasteiger partial charge in [0.25, 0.3) is 11.3 Å². The molecule has 1 unspecified atom stereocenters. The predicted octanol–water partition coefficient (Wildman–Crippen LogP) is 2.20. The van der Waals surface area contributed by atoms with Crippen LogP contribution in [0, 0.1) is 0 Å². The Hall–Kier alpha value is -1.07. The van der Waals surface area contributed by atoms with Gasteiger partial charge in [-0.15, -0.1) is 0 Å². The lowest BCUT2D eigenvalue weighted by Gasteiger charge is -2.10. The lowest BCUT2D eigenvalue weighted by Crippen LogP contribution is -2.05. The number of methoxy groups -OCH3 is 1. The minimum atomic E-state index is -2.03. The summed E-state index contributed by atoms with van der Waals surface area (Å²) in [6, 6.07) is 5.38. The maximum absolute atomic E-state index is 10.6. The second-order valence-corrected chi connectivity index (χ2v) is 3.83. The highest BCUT2D eigenvalue weighted by Crippen LogP contribution is 2.23. The third kappa shape index (κ3) is 3.53. The number of rotatable bonds is 5. The Labute approximate surface area is 92.1 Å². The van der Waals surface area contributed by atoms with Crippen LogP contribution in [-0.4, -0.2) is 15.9 Å². The van der Waals surface area contributed by atoms with E-state index in [2.05, 4.69) is 11.6 Å². The Kier molecular flexibility index (Phi) is 4.58. The summed E-state index contributed by atoms with van der Waals surface area (Å²) in [4.78, 5) is 0. The second-order valence-electron chi connectivity index (χ2n) is 3.12. The van der Waals surface area contributed by atoms with Crippen LogP contribution in [0.5, 0.6) is 5.75 Å². The summed E-state index contributed by atoms with van der Waals surface area (Å²) in [7, 11) is 1.60. The highest BCUT2D eigenvalue weighted by atomic mass is 32.2. The average molecular weight is 229 g/mol. The summed E-state index contributed by atoms with van der Waals surface area (Å²) < 4.78 is 27.0. The summed E-state index contributed by atoms with van der Waals surface area (Å²) in [5.41, 5.74) is 1.66. The molecule has 0 amide bonds. The van der Waals surface area contributed by atoms with E-state index >= 15 is 0 Å². The van der Waals surface area contributed by atoms with Crippen LogP contribution in [-0.2, 0) is 17.7 Å². The zero-order valence-corrected chi connectivity index (χ0v) is 9.63. The van der Waals surface area contributed by atoms with E-state index in [0.717, 1.165) is 24.2 Å². The van der Waals surface area contributed by atoms with Gasteiger partial charge in [-0.05, 0) is 30.2 Å². The molecule has 0 aliphatic heterocycles. The molecule has 84 valence electrons. The van der Waals surface area contributed by atoms with E-state index in [9.17, 15) is 4.21 Å². The van der Waals surface area contributed by atoms with Crippen LogP contribution in [0.4, 0.5) is 5.69 Å². The highest BCUT2D eigenvalue weighted by Gasteiger charge is 2.05. The van der Waals surface area contributed by atoms with E-state index in [-0.39, 0.29) is 0 Å². The van der Waals surface area contributed by atoms with Gasteiger partial charge >= 0.3 is 0 Å². The fourth-order valence-electron chi connectivity index (χ4n) is 1.37. The van der Waals surface area contributed by atoms with E-state index in [1.54, 1.807) is 19.2 Å². The largest absolute Gasteiger partial charge is 0.497 e. The Bertz CT molecular complexity index is 355. The van der Waals surface area contributed by atoms with Crippen LogP contribution in [0.3, 0.4) is 0 Å². The highest BCUT2D eigenvalue weighted by molar-refractivity contribution is 7.80. The lowest BCUT2D eigenvalue weighted by molar-refractivity contribution is 0.414. The third-order valence-corrected chi connectivity index (χ3v) is 2.42. The first-order valence-electron chi connectivity index (χ1n) is 4.71. The van der Waals surface area contributed by atoms with Gasteiger partial charge in [-0.25, -0.2) is 4.21 Å². The zero-order valence-electron chi connectivity index (χ0n) is 8.82. The van der Waals surface area contributed by atoms with Gasteiger partial charge in [0.2, 0.25) is 0 Å². The van der Waals surface area contributed by atoms with E-state index in [0.29, 0.717) is 5.69 Å². The van der Waals surface area contributed by atoms with Crippen molar-refractivity contribution >= 4 is 17.0 Å². The Balaban J connectivity index is 2.97. The maximum atomic E-state index is 10.6. The molecule has 2 N–H and O–H groups in total. The van der Waals surface area contributed by atoms with E-state index in [1.807, 2.05) is 6.07 Å². The smallest absolute Gasteiger partial charge is 0.259 e. The first-order valence-corrected chi connectivity index (χ1v) is 5.82. The van der Waals surface area contributed by atoms with Gasteiger partial charge in [-0.3, -0.25) is 9.27 Å². The molecule has 1 aromatic rings. The van der Waals surface area contributed by atoms with Gasteiger partial charge in [0.1, 0.15) is 5.75 Å². The van der Waals surface area contributed by atoms with Crippen molar-refractivity contribution in [2.24, 2.45) is 0 Å². The molecular weight excluding hydrogens is 214 g/mol. The second kappa shape index (κ2) is 5.72. The van der Waals surface area contributed by atoms with Crippen LogP contribution >= 0.6 is 0 Å². The number of aryl methyl sites for hydroxylation is 1. The minimum absolute atomic E-state index is 0.679. The topological polar surface area (TPSA) is 58.6 Å². The van der Waals surface area contributed by atoms with Gasteiger partial charge in [0.05, 0.1) is 12.8 Å². The molecule has 0 radical (unpaired) electrons. The fourth-order valence-corrected chi connectivity index (χ4v) is 1.75. The van der Waals surface area contributed by atoms with Crippen LogP contribution in [0.15, 0.2) is 18.2 Å². The van der Waals surface area contributed by atoms with Crippen molar-refractivity contribution in [1.82, 2.24) is 0 Å². The standard InChI is InChI=1S/C10H15NO3S/c1-3-4-8-7-9(14-2)5-6-10(8)11-15(12)13/h5-7,11H,3-4H2,1-2H3,(H,12,13). The van der Waals surface area contributed by atoms with E-state index in [4.69, 9.17) is 9.29 Å². The normalized spacial score (nSPS) is 12.2. The first-order chi connectivity index (χ1) is 7.17.